The number of halogens is 1. The Labute approximate surface area is 194 Å². The molecule has 0 aliphatic heterocycles. The molecule has 0 unspecified atom stereocenters. The van der Waals surface area contributed by atoms with E-state index in [2.05, 4.69) is 117 Å². The summed E-state index contributed by atoms with van der Waals surface area (Å²) in [7, 11) is 0. The zero-order chi connectivity index (χ0) is 22.3. The summed E-state index contributed by atoms with van der Waals surface area (Å²) in [4.78, 5) is 0. The van der Waals surface area contributed by atoms with Crippen LogP contribution in [0, 0.1) is 41.5 Å². The number of aryl methyl sites for hydroxylation is 6. The molecule has 158 valence electrons. The van der Waals surface area contributed by atoms with Crippen LogP contribution in [0.25, 0.3) is 22.5 Å². The highest BCUT2D eigenvalue weighted by molar-refractivity contribution is 9.10. The van der Waals surface area contributed by atoms with E-state index in [1.807, 2.05) is 0 Å². The molecule has 4 aromatic rings. The van der Waals surface area contributed by atoms with Crippen LogP contribution < -0.4 is 0 Å². The summed E-state index contributed by atoms with van der Waals surface area (Å²) in [6.07, 6.45) is 0. The number of hydrogen-bond donors (Lipinski definition) is 0. The third-order valence-corrected chi connectivity index (χ3v) is 7.03. The molecule has 0 fully saturated rings. The predicted octanol–water partition coefficient (Wildman–Crippen LogP) is 7.88. The molecular formula is C28H29BrN2. The summed E-state index contributed by atoms with van der Waals surface area (Å²) in [6.45, 7) is 13.7. The van der Waals surface area contributed by atoms with Gasteiger partial charge in [-0.3, -0.25) is 4.68 Å². The number of rotatable bonds is 4. The van der Waals surface area contributed by atoms with E-state index in [0.717, 1.165) is 28.0 Å². The van der Waals surface area contributed by atoms with Crippen molar-refractivity contribution in [3.05, 3.63) is 98.0 Å². The molecule has 0 atom stereocenters. The van der Waals surface area contributed by atoms with Gasteiger partial charge in [0.15, 0.2) is 0 Å². The van der Waals surface area contributed by atoms with Gasteiger partial charge >= 0.3 is 0 Å². The smallest absolute Gasteiger partial charge is 0.107 e. The van der Waals surface area contributed by atoms with E-state index in [0.29, 0.717) is 0 Å². The fraction of sp³-hybridized carbons (Fsp3) is 0.250. The number of nitrogens with zero attached hydrogens (tertiary/aromatic N) is 2. The van der Waals surface area contributed by atoms with Crippen LogP contribution in [0.15, 0.2) is 59.1 Å². The number of benzene rings is 3. The Bertz CT molecular complexity index is 1280. The lowest BCUT2D eigenvalue weighted by molar-refractivity contribution is 0.693. The van der Waals surface area contributed by atoms with Gasteiger partial charge in [-0.25, -0.2) is 0 Å². The van der Waals surface area contributed by atoms with E-state index < -0.39 is 0 Å². The van der Waals surface area contributed by atoms with Gasteiger partial charge in [0, 0.05) is 11.1 Å². The largest absolute Gasteiger partial charge is 0.259 e. The molecule has 0 radical (unpaired) electrons. The zero-order valence-corrected chi connectivity index (χ0v) is 20.8. The maximum absolute atomic E-state index is 5.12. The summed E-state index contributed by atoms with van der Waals surface area (Å²) in [6, 6.07) is 19.9. The Morgan fingerprint density at radius 3 is 1.90 bits per heavy atom. The summed E-state index contributed by atoms with van der Waals surface area (Å²) in [5.74, 6) is 0. The van der Waals surface area contributed by atoms with Crippen molar-refractivity contribution in [3.63, 3.8) is 0 Å². The van der Waals surface area contributed by atoms with Gasteiger partial charge in [-0.15, -0.1) is 0 Å². The molecule has 1 aromatic heterocycles. The summed E-state index contributed by atoms with van der Waals surface area (Å²) >= 11 is 3.92. The van der Waals surface area contributed by atoms with Crippen LogP contribution in [0.3, 0.4) is 0 Å². The minimum atomic E-state index is 0.735. The first kappa shape index (κ1) is 21.6. The highest BCUT2D eigenvalue weighted by Crippen LogP contribution is 2.38. The highest BCUT2D eigenvalue weighted by atomic mass is 79.9. The fourth-order valence-electron chi connectivity index (χ4n) is 3.92. The Morgan fingerprint density at radius 2 is 1.26 bits per heavy atom. The molecule has 0 spiro atoms. The second-order valence-electron chi connectivity index (χ2n) is 8.70. The predicted molar refractivity (Wildman–Crippen MR) is 135 cm³/mol. The Morgan fingerprint density at radius 1 is 0.677 bits per heavy atom. The van der Waals surface area contributed by atoms with E-state index in [9.17, 15) is 0 Å². The normalized spacial score (nSPS) is 11.2. The molecule has 0 amide bonds. The van der Waals surface area contributed by atoms with Crippen LogP contribution in [0.1, 0.15) is 38.9 Å². The van der Waals surface area contributed by atoms with Crippen LogP contribution in [0.4, 0.5) is 0 Å². The zero-order valence-electron chi connectivity index (χ0n) is 19.2. The van der Waals surface area contributed by atoms with Crippen molar-refractivity contribution in [2.45, 2.75) is 48.1 Å². The molecule has 2 nitrogen and oxygen atoms in total. The van der Waals surface area contributed by atoms with Gasteiger partial charge in [0.25, 0.3) is 0 Å². The fourth-order valence-corrected chi connectivity index (χ4v) is 4.67. The molecule has 3 aromatic carbocycles. The van der Waals surface area contributed by atoms with Crippen molar-refractivity contribution >= 4 is 15.9 Å². The lowest BCUT2D eigenvalue weighted by Gasteiger charge is -2.12. The second-order valence-corrected chi connectivity index (χ2v) is 9.49. The Hall–Kier alpha value is -2.65. The number of hydrogen-bond acceptors (Lipinski definition) is 1. The quantitative estimate of drug-likeness (QED) is 0.295. The van der Waals surface area contributed by atoms with Gasteiger partial charge in [-0.2, -0.15) is 5.10 Å². The molecule has 0 N–H and O–H groups in total. The average Bonchev–Trinajstić information content (AvgIpc) is 3.05. The monoisotopic (exact) mass is 472 g/mol. The van der Waals surface area contributed by atoms with Crippen molar-refractivity contribution in [3.8, 4) is 22.5 Å². The highest BCUT2D eigenvalue weighted by Gasteiger charge is 2.20. The second kappa shape index (κ2) is 8.47. The summed E-state index contributed by atoms with van der Waals surface area (Å²) in [5, 5.41) is 5.12. The molecule has 0 aliphatic rings. The van der Waals surface area contributed by atoms with Crippen LogP contribution >= 0.6 is 15.9 Å². The van der Waals surface area contributed by atoms with Crippen molar-refractivity contribution in [2.24, 2.45) is 0 Å². The lowest BCUT2D eigenvalue weighted by atomic mass is 10.0. The van der Waals surface area contributed by atoms with Crippen molar-refractivity contribution in [1.82, 2.24) is 9.78 Å². The molecule has 0 bridgehead atoms. The summed E-state index contributed by atoms with van der Waals surface area (Å²) in [5.41, 5.74) is 13.5. The SMILES string of the molecule is Cc1ccc(C)c(Cn2nc(-c3ccc(C)c(C)c3)c(Br)c2-c2ccc(C)c(C)c2)c1. The van der Waals surface area contributed by atoms with Crippen molar-refractivity contribution in [2.75, 3.05) is 0 Å². The first-order valence-electron chi connectivity index (χ1n) is 10.7. The van der Waals surface area contributed by atoms with Crippen LogP contribution in [0.5, 0.6) is 0 Å². The topological polar surface area (TPSA) is 17.8 Å². The van der Waals surface area contributed by atoms with Gasteiger partial charge < -0.3 is 0 Å². The molecule has 0 aliphatic carbocycles. The van der Waals surface area contributed by atoms with Gasteiger partial charge in [-0.05, 0) is 103 Å². The van der Waals surface area contributed by atoms with E-state index in [1.165, 1.54) is 44.5 Å². The third kappa shape index (κ3) is 4.24. The van der Waals surface area contributed by atoms with Crippen LogP contribution in [-0.2, 0) is 6.54 Å². The minimum Gasteiger partial charge on any atom is -0.259 e. The third-order valence-electron chi connectivity index (χ3n) is 6.28. The molecule has 3 heteroatoms. The molecular weight excluding hydrogens is 444 g/mol. The Kier molecular flexibility index (Phi) is 5.90. The van der Waals surface area contributed by atoms with E-state index in [1.54, 1.807) is 0 Å². The van der Waals surface area contributed by atoms with Crippen LogP contribution in [0.2, 0.25) is 0 Å². The molecule has 0 saturated carbocycles. The standard InChI is InChI=1S/C28H29BrN2/c1-17-7-8-20(4)25(13-17)16-31-28(24-12-10-19(3)22(6)15-24)26(29)27(30-31)23-11-9-18(2)21(5)14-23/h7-15H,16H2,1-6H3. The van der Waals surface area contributed by atoms with E-state index >= 15 is 0 Å². The van der Waals surface area contributed by atoms with Crippen LogP contribution in [-0.4, -0.2) is 9.78 Å². The lowest BCUT2D eigenvalue weighted by Crippen LogP contribution is -2.06. The first-order chi connectivity index (χ1) is 14.7. The van der Waals surface area contributed by atoms with Crippen molar-refractivity contribution < 1.29 is 0 Å². The molecule has 31 heavy (non-hydrogen) atoms. The average molecular weight is 473 g/mol. The molecule has 0 saturated heterocycles. The molecule has 1 heterocycles. The molecule has 4 rings (SSSR count). The maximum atomic E-state index is 5.12. The maximum Gasteiger partial charge on any atom is 0.107 e. The van der Waals surface area contributed by atoms with Gasteiger partial charge in [0.2, 0.25) is 0 Å². The van der Waals surface area contributed by atoms with E-state index in [-0.39, 0.29) is 0 Å². The van der Waals surface area contributed by atoms with E-state index in [4.69, 9.17) is 5.10 Å². The van der Waals surface area contributed by atoms with Gasteiger partial charge in [0.1, 0.15) is 5.69 Å². The number of aromatic nitrogens is 2. The van der Waals surface area contributed by atoms with Gasteiger partial charge in [0.05, 0.1) is 16.7 Å². The first-order valence-corrected chi connectivity index (χ1v) is 11.5. The minimum absolute atomic E-state index is 0.735. The van der Waals surface area contributed by atoms with Gasteiger partial charge in [-0.1, -0.05) is 48.0 Å². The Balaban J connectivity index is 1.92. The van der Waals surface area contributed by atoms with Crippen molar-refractivity contribution in [1.29, 1.82) is 0 Å². The summed E-state index contributed by atoms with van der Waals surface area (Å²) < 4.78 is 3.20.